The average Bonchev–Trinajstić information content (AvgIpc) is 2.80. The second-order valence-corrected chi connectivity index (χ2v) is 4.54. The molecule has 1 unspecified atom stereocenters. The Labute approximate surface area is 105 Å². The largest absolute Gasteiger partial charge is 0.469 e. The Morgan fingerprint density at radius 3 is 3.17 bits per heavy atom. The third kappa shape index (κ3) is 1.54. The van der Waals surface area contributed by atoms with E-state index in [9.17, 15) is 9.59 Å². The van der Waals surface area contributed by atoms with Crippen LogP contribution in [0.1, 0.15) is 23.6 Å². The van der Waals surface area contributed by atoms with Crippen LogP contribution < -0.4 is 10.2 Å². The van der Waals surface area contributed by atoms with Crippen LogP contribution in [0.2, 0.25) is 0 Å². The summed E-state index contributed by atoms with van der Waals surface area (Å²) in [5.41, 5.74) is 3.17. The van der Waals surface area contributed by atoms with Gasteiger partial charge in [0.2, 0.25) is 0 Å². The van der Waals surface area contributed by atoms with Crippen molar-refractivity contribution in [2.45, 2.75) is 18.9 Å². The first-order chi connectivity index (χ1) is 8.70. The molecule has 5 heteroatoms. The van der Waals surface area contributed by atoms with Crippen molar-refractivity contribution in [3.63, 3.8) is 0 Å². The molecular formula is C13H14N2O3. The van der Waals surface area contributed by atoms with Gasteiger partial charge in [0, 0.05) is 6.54 Å². The van der Waals surface area contributed by atoms with Crippen molar-refractivity contribution in [1.82, 2.24) is 5.32 Å². The molecule has 1 N–H and O–H groups in total. The van der Waals surface area contributed by atoms with E-state index in [0.717, 1.165) is 17.7 Å². The molecule has 0 radical (unpaired) electrons. The highest BCUT2D eigenvalue weighted by Gasteiger charge is 2.36. The quantitative estimate of drug-likeness (QED) is 0.802. The summed E-state index contributed by atoms with van der Waals surface area (Å²) >= 11 is 0. The van der Waals surface area contributed by atoms with Crippen molar-refractivity contribution in [3.05, 3.63) is 29.3 Å². The van der Waals surface area contributed by atoms with Gasteiger partial charge in [-0.3, -0.25) is 9.69 Å². The number of benzene rings is 1. The van der Waals surface area contributed by atoms with Gasteiger partial charge < -0.3 is 10.1 Å². The molecule has 5 nitrogen and oxygen atoms in total. The van der Waals surface area contributed by atoms with E-state index in [1.54, 1.807) is 4.90 Å². The zero-order chi connectivity index (χ0) is 12.7. The molecular weight excluding hydrogens is 232 g/mol. The number of hydrogen-bond acceptors (Lipinski definition) is 3. The smallest absolute Gasteiger partial charge is 0.322 e. The van der Waals surface area contributed by atoms with E-state index < -0.39 is 0 Å². The Hall–Kier alpha value is -2.04. The van der Waals surface area contributed by atoms with E-state index in [2.05, 4.69) is 10.1 Å². The van der Waals surface area contributed by atoms with Gasteiger partial charge in [-0.05, 0) is 17.5 Å². The van der Waals surface area contributed by atoms with Crippen molar-refractivity contribution >= 4 is 17.7 Å². The summed E-state index contributed by atoms with van der Waals surface area (Å²) in [7, 11) is 1.36. The highest BCUT2D eigenvalue weighted by atomic mass is 16.5. The second kappa shape index (κ2) is 4.01. The molecule has 0 fully saturated rings. The predicted octanol–water partition coefficient (Wildman–Crippen LogP) is 1.38. The summed E-state index contributed by atoms with van der Waals surface area (Å²) in [6.07, 6.45) is 1.05. The highest BCUT2D eigenvalue weighted by Crippen LogP contribution is 2.39. The van der Waals surface area contributed by atoms with E-state index in [1.165, 1.54) is 12.7 Å². The third-order valence-electron chi connectivity index (χ3n) is 3.54. The van der Waals surface area contributed by atoms with Gasteiger partial charge in [-0.1, -0.05) is 18.2 Å². The molecule has 1 atom stereocenters. The molecule has 1 aromatic rings. The second-order valence-electron chi connectivity index (χ2n) is 4.54. The van der Waals surface area contributed by atoms with Gasteiger partial charge in [0.25, 0.3) is 0 Å². The molecule has 94 valence electrons. The van der Waals surface area contributed by atoms with Crippen LogP contribution in [-0.4, -0.2) is 25.7 Å². The summed E-state index contributed by atoms with van der Waals surface area (Å²) in [4.78, 5) is 25.1. The molecule has 2 aliphatic heterocycles. The van der Waals surface area contributed by atoms with Crippen LogP contribution in [0.15, 0.2) is 18.2 Å². The van der Waals surface area contributed by atoms with Crippen LogP contribution >= 0.6 is 0 Å². The fraction of sp³-hybridized carbons (Fsp3) is 0.385. The van der Waals surface area contributed by atoms with E-state index in [4.69, 9.17) is 0 Å². The third-order valence-corrected chi connectivity index (χ3v) is 3.54. The number of methoxy groups -OCH3 is 1. The lowest BCUT2D eigenvalue weighted by Crippen LogP contribution is -2.46. The summed E-state index contributed by atoms with van der Waals surface area (Å²) in [5.74, 6) is -0.315. The molecule has 18 heavy (non-hydrogen) atoms. The van der Waals surface area contributed by atoms with Crippen LogP contribution in [-0.2, 0) is 16.0 Å². The number of amides is 2. The van der Waals surface area contributed by atoms with Gasteiger partial charge in [0.1, 0.15) is 0 Å². The molecule has 0 aliphatic carbocycles. The number of nitrogens with zero attached hydrogens (tertiary/aromatic N) is 1. The van der Waals surface area contributed by atoms with Crippen molar-refractivity contribution in [3.8, 4) is 0 Å². The molecule has 0 saturated heterocycles. The number of nitrogens with one attached hydrogen (secondary N) is 1. The lowest BCUT2D eigenvalue weighted by Gasteiger charge is -2.32. The first-order valence-corrected chi connectivity index (χ1v) is 5.97. The van der Waals surface area contributed by atoms with Crippen molar-refractivity contribution in [1.29, 1.82) is 0 Å². The van der Waals surface area contributed by atoms with Gasteiger partial charge in [0.05, 0.1) is 25.3 Å². The fourth-order valence-corrected chi connectivity index (χ4v) is 2.69. The van der Waals surface area contributed by atoms with Gasteiger partial charge in [-0.25, -0.2) is 4.79 Å². The number of urea groups is 1. The van der Waals surface area contributed by atoms with Crippen molar-refractivity contribution < 1.29 is 14.3 Å². The van der Waals surface area contributed by atoms with Gasteiger partial charge in [0.15, 0.2) is 0 Å². The standard InChI is InChI=1S/C13H14N2O3/c1-18-11(16)7-10-9-4-2-3-8-5-6-15(12(8)9)13(17)14-10/h2-4,10H,5-7H2,1H3,(H,14,17). The highest BCUT2D eigenvalue weighted by molar-refractivity contribution is 5.98. The summed E-state index contributed by atoms with van der Waals surface area (Å²) in [6.45, 7) is 0.711. The fourth-order valence-electron chi connectivity index (χ4n) is 2.69. The van der Waals surface area contributed by atoms with Gasteiger partial charge in [-0.15, -0.1) is 0 Å². The minimum absolute atomic E-state index is 0.124. The van der Waals surface area contributed by atoms with Crippen molar-refractivity contribution in [2.75, 3.05) is 18.6 Å². The zero-order valence-electron chi connectivity index (χ0n) is 10.1. The molecule has 2 aliphatic rings. The maximum Gasteiger partial charge on any atom is 0.322 e. The number of anilines is 1. The van der Waals surface area contributed by atoms with E-state index >= 15 is 0 Å². The van der Waals surface area contributed by atoms with Gasteiger partial charge >= 0.3 is 12.0 Å². The Balaban J connectivity index is 2.01. The number of ether oxygens (including phenoxy) is 1. The van der Waals surface area contributed by atoms with E-state index in [0.29, 0.717) is 6.54 Å². The van der Waals surface area contributed by atoms with E-state index in [1.807, 2.05) is 18.2 Å². The molecule has 3 rings (SSSR count). The lowest BCUT2D eigenvalue weighted by molar-refractivity contribution is -0.141. The summed E-state index contributed by atoms with van der Waals surface area (Å²) in [6, 6.07) is 5.56. The topological polar surface area (TPSA) is 58.6 Å². The van der Waals surface area contributed by atoms with Crippen LogP contribution in [0.5, 0.6) is 0 Å². The maximum atomic E-state index is 12.0. The minimum atomic E-state index is -0.315. The Bertz CT molecular complexity index is 527. The number of carbonyl (C=O) groups excluding carboxylic acids is 2. The Morgan fingerprint density at radius 2 is 2.39 bits per heavy atom. The SMILES string of the molecule is COC(=O)CC1NC(=O)N2CCc3cccc1c32. The number of esters is 1. The minimum Gasteiger partial charge on any atom is -0.469 e. The summed E-state index contributed by atoms with van der Waals surface area (Å²) < 4.78 is 4.67. The Morgan fingerprint density at radius 1 is 1.56 bits per heavy atom. The molecule has 0 spiro atoms. The monoisotopic (exact) mass is 246 g/mol. The maximum absolute atomic E-state index is 12.0. The van der Waals surface area contributed by atoms with E-state index in [-0.39, 0.29) is 24.5 Å². The first kappa shape index (κ1) is 11.1. The number of carbonyl (C=O) groups is 2. The number of para-hydroxylation sites is 1. The first-order valence-electron chi connectivity index (χ1n) is 5.97. The molecule has 2 heterocycles. The molecule has 2 amide bonds. The molecule has 0 saturated carbocycles. The Kier molecular flexibility index (Phi) is 2.47. The van der Waals surface area contributed by atoms with Crippen LogP contribution in [0.25, 0.3) is 0 Å². The lowest BCUT2D eigenvalue weighted by atomic mass is 9.97. The van der Waals surface area contributed by atoms with Crippen LogP contribution in [0.3, 0.4) is 0 Å². The molecule has 0 aromatic heterocycles. The van der Waals surface area contributed by atoms with Crippen LogP contribution in [0.4, 0.5) is 10.5 Å². The number of rotatable bonds is 2. The van der Waals surface area contributed by atoms with Gasteiger partial charge in [-0.2, -0.15) is 0 Å². The molecule has 0 bridgehead atoms. The zero-order valence-corrected chi connectivity index (χ0v) is 10.1. The molecule has 1 aromatic carbocycles. The normalized spacial score (nSPS) is 20.4. The predicted molar refractivity (Wildman–Crippen MR) is 65.4 cm³/mol. The average molecular weight is 246 g/mol. The van der Waals surface area contributed by atoms with Crippen LogP contribution in [0, 0.1) is 0 Å². The summed E-state index contributed by atoms with van der Waals surface area (Å²) in [5, 5.41) is 2.86. The van der Waals surface area contributed by atoms with Crippen molar-refractivity contribution in [2.24, 2.45) is 0 Å². The number of hydrogen-bond donors (Lipinski definition) is 1.